The fraction of sp³-hybridized carbons (Fsp3) is 0.857. The number of rotatable bonds is 2. The minimum absolute atomic E-state index is 0.0358. The van der Waals surface area contributed by atoms with Gasteiger partial charge < -0.3 is 10.2 Å². The third-order valence-electron chi connectivity index (χ3n) is 1.90. The molecule has 1 aliphatic rings. The number of thiol groups is 1. The molecule has 11 heavy (non-hydrogen) atoms. The lowest BCUT2D eigenvalue weighted by Crippen LogP contribution is -2.37. The predicted molar refractivity (Wildman–Crippen MR) is 47.9 cm³/mol. The Kier molecular flexibility index (Phi) is 3.20. The van der Waals surface area contributed by atoms with Gasteiger partial charge in [-0.05, 0) is 20.0 Å². The van der Waals surface area contributed by atoms with Crippen LogP contribution in [0, 0.1) is 0 Å². The molecule has 1 atom stereocenters. The minimum Gasteiger partial charge on any atom is -0.351 e. The Hall–Kier alpha value is -0.220. The first-order chi connectivity index (χ1) is 5.22. The number of hydrogen-bond donors (Lipinski definition) is 2. The van der Waals surface area contributed by atoms with Gasteiger partial charge in [0.1, 0.15) is 0 Å². The number of likely N-dealkylation sites (tertiary alicyclic amines) is 1. The molecule has 1 aliphatic heterocycles. The molecule has 1 rings (SSSR count). The van der Waals surface area contributed by atoms with Crippen molar-refractivity contribution in [2.75, 3.05) is 25.9 Å². The smallest absolute Gasteiger partial charge is 0.229 e. The van der Waals surface area contributed by atoms with Gasteiger partial charge in [0.05, 0.1) is 5.75 Å². The molecule has 0 radical (unpaired) electrons. The molecule has 1 heterocycles. The molecule has 0 aromatic carbocycles. The summed E-state index contributed by atoms with van der Waals surface area (Å²) in [5.41, 5.74) is 0. The van der Waals surface area contributed by atoms with Crippen LogP contribution in [0.4, 0.5) is 0 Å². The van der Waals surface area contributed by atoms with Crippen LogP contribution in [0.2, 0.25) is 0 Å². The maximum absolute atomic E-state index is 10.9. The SMILES string of the molecule is CN1CCC(NC(=O)CS)C1. The van der Waals surface area contributed by atoms with Gasteiger partial charge in [-0.2, -0.15) is 12.6 Å². The number of nitrogens with one attached hydrogen (secondary N) is 1. The van der Waals surface area contributed by atoms with E-state index in [-0.39, 0.29) is 5.91 Å². The summed E-state index contributed by atoms with van der Waals surface area (Å²) >= 11 is 3.89. The second-order valence-corrected chi connectivity index (χ2v) is 3.29. The van der Waals surface area contributed by atoms with Gasteiger partial charge in [-0.15, -0.1) is 0 Å². The summed E-state index contributed by atoms with van der Waals surface area (Å²) in [5, 5.41) is 2.90. The van der Waals surface area contributed by atoms with Gasteiger partial charge in [0, 0.05) is 12.6 Å². The Balaban J connectivity index is 2.23. The van der Waals surface area contributed by atoms with E-state index in [2.05, 4.69) is 29.9 Å². The van der Waals surface area contributed by atoms with E-state index in [1.807, 2.05) is 0 Å². The van der Waals surface area contributed by atoms with Crippen LogP contribution in [-0.2, 0) is 4.79 Å². The minimum atomic E-state index is 0.0358. The summed E-state index contributed by atoms with van der Waals surface area (Å²) in [4.78, 5) is 13.1. The maximum atomic E-state index is 10.9. The molecule has 1 amide bonds. The van der Waals surface area contributed by atoms with Crippen LogP contribution in [0.25, 0.3) is 0 Å². The lowest BCUT2D eigenvalue weighted by atomic mass is 10.3. The average Bonchev–Trinajstić information content (AvgIpc) is 2.35. The number of nitrogens with zero attached hydrogens (tertiary/aromatic N) is 1. The molecule has 3 nitrogen and oxygen atoms in total. The molecular formula is C7H14N2OS. The molecule has 1 saturated heterocycles. The van der Waals surface area contributed by atoms with Crippen LogP contribution in [0.3, 0.4) is 0 Å². The fourth-order valence-corrected chi connectivity index (χ4v) is 1.42. The van der Waals surface area contributed by atoms with E-state index < -0.39 is 0 Å². The predicted octanol–water partition coefficient (Wildman–Crippen LogP) is -0.263. The summed E-state index contributed by atoms with van der Waals surface area (Å²) < 4.78 is 0. The van der Waals surface area contributed by atoms with Crippen LogP contribution in [0.5, 0.6) is 0 Å². The van der Waals surface area contributed by atoms with Crippen molar-refractivity contribution >= 4 is 18.5 Å². The molecule has 4 heteroatoms. The molecule has 0 aromatic heterocycles. The second kappa shape index (κ2) is 3.97. The fourth-order valence-electron chi connectivity index (χ4n) is 1.33. The number of carbonyl (C=O) groups is 1. The Morgan fingerprint density at radius 1 is 1.82 bits per heavy atom. The maximum Gasteiger partial charge on any atom is 0.229 e. The van der Waals surface area contributed by atoms with Gasteiger partial charge in [0.2, 0.25) is 5.91 Å². The zero-order chi connectivity index (χ0) is 8.27. The summed E-state index contributed by atoms with van der Waals surface area (Å²) in [7, 11) is 2.06. The van der Waals surface area contributed by atoms with Crippen molar-refractivity contribution in [2.45, 2.75) is 12.5 Å². The van der Waals surface area contributed by atoms with Gasteiger partial charge in [-0.3, -0.25) is 4.79 Å². The summed E-state index contributed by atoms with van der Waals surface area (Å²) in [6.45, 7) is 2.05. The molecule has 64 valence electrons. The number of likely N-dealkylation sites (N-methyl/N-ethyl adjacent to an activating group) is 1. The monoisotopic (exact) mass is 174 g/mol. The molecular weight excluding hydrogens is 160 g/mol. The van der Waals surface area contributed by atoms with E-state index in [1.165, 1.54) is 0 Å². The number of amides is 1. The van der Waals surface area contributed by atoms with Crippen molar-refractivity contribution in [3.8, 4) is 0 Å². The van der Waals surface area contributed by atoms with Crippen LogP contribution < -0.4 is 5.32 Å². The molecule has 1 unspecified atom stereocenters. The van der Waals surface area contributed by atoms with Gasteiger partial charge in [0.25, 0.3) is 0 Å². The Labute approximate surface area is 72.5 Å². The highest BCUT2D eigenvalue weighted by molar-refractivity contribution is 7.81. The first-order valence-corrected chi connectivity index (χ1v) is 4.44. The molecule has 0 bridgehead atoms. The second-order valence-electron chi connectivity index (χ2n) is 2.97. The van der Waals surface area contributed by atoms with Crippen molar-refractivity contribution in [3.05, 3.63) is 0 Å². The Morgan fingerprint density at radius 2 is 2.55 bits per heavy atom. The van der Waals surface area contributed by atoms with Gasteiger partial charge in [0.15, 0.2) is 0 Å². The highest BCUT2D eigenvalue weighted by Crippen LogP contribution is 2.05. The normalized spacial score (nSPS) is 25.5. The van der Waals surface area contributed by atoms with Crippen molar-refractivity contribution < 1.29 is 4.79 Å². The molecule has 0 aromatic rings. The zero-order valence-corrected chi connectivity index (χ0v) is 7.60. The van der Waals surface area contributed by atoms with E-state index in [9.17, 15) is 4.79 Å². The number of hydrogen-bond acceptors (Lipinski definition) is 3. The van der Waals surface area contributed by atoms with Crippen molar-refractivity contribution in [3.63, 3.8) is 0 Å². The zero-order valence-electron chi connectivity index (χ0n) is 6.71. The molecule has 0 aliphatic carbocycles. The van der Waals surface area contributed by atoms with Crippen molar-refractivity contribution in [1.82, 2.24) is 10.2 Å². The van der Waals surface area contributed by atoms with E-state index in [4.69, 9.17) is 0 Å². The third kappa shape index (κ3) is 2.71. The lowest BCUT2D eigenvalue weighted by molar-refractivity contribution is -0.119. The van der Waals surface area contributed by atoms with E-state index in [0.29, 0.717) is 11.8 Å². The van der Waals surface area contributed by atoms with Crippen LogP contribution in [0.15, 0.2) is 0 Å². The Morgan fingerprint density at radius 3 is 3.00 bits per heavy atom. The standard InChI is InChI=1S/C7H14N2OS/c1-9-3-2-6(4-9)8-7(10)5-11/h6,11H,2-5H2,1H3,(H,8,10). The van der Waals surface area contributed by atoms with Gasteiger partial charge in [-0.1, -0.05) is 0 Å². The molecule has 0 spiro atoms. The largest absolute Gasteiger partial charge is 0.351 e. The summed E-state index contributed by atoms with van der Waals surface area (Å²) in [6.07, 6.45) is 1.07. The quantitative estimate of drug-likeness (QED) is 0.565. The average molecular weight is 174 g/mol. The van der Waals surface area contributed by atoms with Crippen molar-refractivity contribution in [1.29, 1.82) is 0 Å². The topological polar surface area (TPSA) is 32.3 Å². The summed E-state index contributed by atoms with van der Waals surface area (Å²) in [6, 6.07) is 0.347. The first kappa shape index (κ1) is 8.87. The molecule has 1 N–H and O–H groups in total. The van der Waals surface area contributed by atoms with Crippen LogP contribution in [0.1, 0.15) is 6.42 Å². The van der Waals surface area contributed by atoms with Crippen molar-refractivity contribution in [2.24, 2.45) is 0 Å². The van der Waals surface area contributed by atoms with E-state index >= 15 is 0 Å². The van der Waals surface area contributed by atoms with Gasteiger partial charge >= 0.3 is 0 Å². The first-order valence-electron chi connectivity index (χ1n) is 3.81. The Bertz CT molecular complexity index is 151. The number of carbonyl (C=O) groups excluding carboxylic acids is 1. The lowest BCUT2D eigenvalue weighted by Gasteiger charge is -2.11. The molecule has 0 saturated carbocycles. The summed E-state index contributed by atoms with van der Waals surface area (Å²) in [5.74, 6) is 0.328. The highest BCUT2D eigenvalue weighted by Gasteiger charge is 2.19. The van der Waals surface area contributed by atoms with E-state index in [0.717, 1.165) is 19.5 Å². The van der Waals surface area contributed by atoms with Crippen LogP contribution >= 0.6 is 12.6 Å². The van der Waals surface area contributed by atoms with Gasteiger partial charge in [-0.25, -0.2) is 0 Å². The molecule has 1 fully saturated rings. The van der Waals surface area contributed by atoms with E-state index in [1.54, 1.807) is 0 Å². The highest BCUT2D eigenvalue weighted by atomic mass is 32.1. The van der Waals surface area contributed by atoms with Crippen LogP contribution in [-0.4, -0.2) is 42.7 Å². The third-order valence-corrected chi connectivity index (χ3v) is 2.19.